The summed E-state index contributed by atoms with van der Waals surface area (Å²) >= 11 is 0. The highest BCUT2D eigenvalue weighted by Gasteiger charge is 2.19. The topological polar surface area (TPSA) is 53.4 Å². The van der Waals surface area contributed by atoms with Gasteiger partial charge in [-0.05, 0) is 13.3 Å². The Bertz CT molecular complexity index is 446. The number of aromatic nitrogens is 2. The summed E-state index contributed by atoms with van der Waals surface area (Å²) in [6, 6.07) is 0. The van der Waals surface area contributed by atoms with Crippen molar-refractivity contribution in [2.24, 2.45) is 0 Å². The zero-order valence-electron chi connectivity index (χ0n) is 10.8. The van der Waals surface area contributed by atoms with E-state index in [1.165, 1.54) is 4.90 Å². The molecule has 1 aromatic heterocycles. The molecule has 5 heteroatoms. The normalized spacial score (nSPS) is 17.5. The zero-order chi connectivity index (χ0) is 12.4. The van der Waals surface area contributed by atoms with Crippen molar-refractivity contribution in [3.8, 4) is 0 Å². The Morgan fingerprint density at radius 1 is 1.41 bits per heavy atom. The van der Waals surface area contributed by atoms with Crippen LogP contribution in [0.1, 0.15) is 18.2 Å². The fourth-order valence-electron chi connectivity index (χ4n) is 2.26. The number of likely N-dealkylation sites (N-methyl/N-ethyl adjacent to an activating group) is 1. The van der Waals surface area contributed by atoms with Gasteiger partial charge in [-0.15, -0.1) is 0 Å². The molecular formula is C12H21N4O+. The lowest BCUT2D eigenvalue weighted by Gasteiger charge is -2.30. The van der Waals surface area contributed by atoms with E-state index in [1.807, 2.05) is 13.8 Å². The van der Waals surface area contributed by atoms with Crippen LogP contribution in [0.4, 0.5) is 5.95 Å². The number of aromatic amines is 1. The molecule has 2 heterocycles. The van der Waals surface area contributed by atoms with Gasteiger partial charge < -0.3 is 9.80 Å². The Morgan fingerprint density at radius 2 is 2.06 bits per heavy atom. The van der Waals surface area contributed by atoms with Crippen LogP contribution in [-0.2, 0) is 6.42 Å². The molecule has 0 saturated carbocycles. The Labute approximate surface area is 101 Å². The van der Waals surface area contributed by atoms with Crippen molar-refractivity contribution in [3.63, 3.8) is 0 Å². The number of rotatable bonds is 2. The minimum Gasteiger partial charge on any atom is -0.334 e. The Morgan fingerprint density at radius 3 is 2.59 bits per heavy atom. The fourth-order valence-corrected chi connectivity index (χ4v) is 2.26. The first kappa shape index (κ1) is 12.1. The third kappa shape index (κ3) is 2.49. The average Bonchev–Trinajstić information content (AvgIpc) is 2.29. The summed E-state index contributed by atoms with van der Waals surface area (Å²) in [6.45, 7) is 8.01. The van der Waals surface area contributed by atoms with Gasteiger partial charge >= 0.3 is 0 Å². The van der Waals surface area contributed by atoms with E-state index in [4.69, 9.17) is 0 Å². The number of hydrogen-bond donors (Lipinski definition) is 2. The molecule has 0 bridgehead atoms. The van der Waals surface area contributed by atoms with E-state index in [0.29, 0.717) is 0 Å². The molecule has 0 amide bonds. The summed E-state index contributed by atoms with van der Waals surface area (Å²) in [6.07, 6.45) is 0.737. The first-order valence-corrected chi connectivity index (χ1v) is 6.28. The molecule has 94 valence electrons. The van der Waals surface area contributed by atoms with E-state index < -0.39 is 0 Å². The number of aryl methyl sites for hydroxylation is 1. The maximum absolute atomic E-state index is 11.9. The lowest BCUT2D eigenvalue weighted by molar-refractivity contribution is -0.880. The number of piperazine rings is 1. The molecule has 17 heavy (non-hydrogen) atoms. The molecule has 1 fully saturated rings. The molecule has 1 aliphatic heterocycles. The molecule has 2 N–H and O–H groups in total. The molecule has 0 unspecified atom stereocenters. The van der Waals surface area contributed by atoms with E-state index in [2.05, 4.69) is 21.9 Å². The first-order chi connectivity index (χ1) is 8.11. The molecule has 5 nitrogen and oxygen atoms in total. The Balaban J connectivity index is 2.25. The predicted octanol–water partition coefficient (Wildman–Crippen LogP) is -1.02. The number of anilines is 1. The summed E-state index contributed by atoms with van der Waals surface area (Å²) in [5.41, 5.74) is 1.67. The van der Waals surface area contributed by atoms with Crippen molar-refractivity contribution in [1.82, 2.24) is 9.97 Å². The highest BCUT2D eigenvalue weighted by atomic mass is 16.1. The highest BCUT2D eigenvalue weighted by Crippen LogP contribution is 2.08. The maximum atomic E-state index is 11.9. The third-order valence-corrected chi connectivity index (χ3v) is 3.48. The average molecular weight is 237 g/mol. The summed E-state index contributed by atoms with van der Waals surface area (Å²) in [5, 5.41) is 0. The second-order valence-corrected chi connectivity index (χ2v) is 4.75. The minimum atomic E-state index is 0.0151. The van der Waals surface area contributed by atoms with E-state index in [9.17, 15) is 4.79 Å². The van der Waals surface area contributed by atoms with E-state index >= 15 is 0 Å². The van der Waals surface area contributed by atoms with Gasteiger partial charge in [-0.2, -0.15) is 0 Å². The maximum Gasteiger partial charge on any atom is 0.255 e. The van der Waals surface area contributed by atoms with E-state index in [1.54, 1.807) is 0 Å². The van der Waals surface area contributed by atoms with Gasteiger partial charge in [0.15, 0.2) is 0 Å². The van der Waals surface area contributed by atoms with Crippen molar-refractivity contribution >= 4 is 5.95 Å². The molecule has 0 aliphatic carbocycles. The molecule has 0 radical (unpaired) electrons. The molecule has 0 aromatic carbocycles. The zero-order valence-corrected chi connectivity index (χ0v) is 10.8. The molecular weight excluding hydrogens is 216 g/mol. The van der Waals surface area contributed by atoms with Gasteiger partial charge in [0.1, 0.15) is 0 Å². The van der Waals surface area contributed by atoms with Crippen LogP contribution >= 0.6 is 0 Å². The lowest BCUT2D eigenvalue weighted by atomic mass is 10.2. The summed E-state index contributed by atoms with van der Waals surface area (Å²) in [5.74, 6) is 0.734. The van der Waals surface area contributed by atoms with Gasteiger partial charge in [0.2, 0.25) is 5.95 Å². The second-order valence-electron chi connectivity index (χ2n) is 4.75. The molecule has 0 atom stereocenters. The molecule has 1 aliphatic rings. The molecule has 1 aromatic rings. The summed E-state index contributed by atoms with van der Waals surface area (Å²) in [7, 11) is 2.19. The first-order valence-electron chi connectivity index (χ1n) is 6.28. The van der Waals surface area contributed by atoms with E-state index in [-0.39, 0.29) is 5.56 Å². The number of nitrogens with one attached hydrogen (secondary N) is 2. The number of quaternary nitrogens is 1. The number of hydrogen-bond acceptors (Lipinski definition) is 3. The Kier molecular flexibility index (Phi) is 3.47. The van der Waals surface area contributed by atoms with Gasteiger partial charge in [-0.3, -0.25) is 9.78 Å². The number of nitrogens with zero attached hydrogens (tertiary/aromatic N) is 2. The van der Waals surface area contributed by atoms with Crippen LogP contribution in [0.2, 0.25) is 0 Å². The smallest absolute Gasteiger partial charge is 0.255 e. The molecule has 0 spiro atoms. The third-order valence-electron chi connectivity index (χ3n) is 3.48. The number of H-pyrrole nitrogens is 1. The van der Waals surface area contributed by atoms with Crippen molar-refractivity contribution < 1.29 is 4.90 Å². The van der Waals surface area contributed by atoms with Crippen molar-refractivity contribution in [2.75, 3.05) is 38.1 Å². The quantitative estimate of drug-likeness (QED) is 0.692. The predicted molar refractivity (Wildman–Crippen MR) is 67.8 cm³/mol. The molecule has 2 rings (SSSR count). The van der Waals surface area contributed by atoms with Gasteiger partial charge in [0.25, 0.3) is 5.56 Å². The fraction of sp³-hybridized carbons (Fsp3) is 0.667. The highest BCUT2D eigenvalue weighted by molar-refractivity contribution is 5.33. The van der Waals surface area contributed by atoms with Crippen LogP contribution in [0.5, 0.6) is 0 Å². The van der Waals surface area contributed by atoms with Gasteiger partial charge in [-0.1, -0.05) is 6.92 Å². The van der Waals surface area contributed by atoms with Crippen molar-refractivity contribution in [2.45, 2.75) is 20.3 Å². The van der Waals surface area contributed by atoms with Crippen molar-refractivity contribution in [1.29, 1.82) is 0 Å². The van der Waals surface area contributed by atoms with Gasteiger partial charge in [0.05, 0.1) is 33.2 Å². The monoisotopic (exact) mass is 237 g/mol. The summed E-state index contributed by atoms with van der Waals surface area (Å²) < 4.78 is 0. The lowest BCUT2D eigenvalue weighted by Crippen LogP contribution is -3.12. The SMILES string of the molecule is CCc1c(C)nc(N2CC[NH+](C)CC2)[nH]c1=O. The van der Waals surface area contributed by atoms with Crippen LogP contribution < -0.4 is 15.4 Å². The standard InChI is InChI=1S/C12H20N4O/c1-4-10-9(2)13-12(14-11(10)17)16-7-5-15(3)6-8-16/h4-8H2,1-3H3,(H,13,14,17)/p+1. The molecule has 1 saturated heterocycles. The van der Waals surface area contributed by atoms with Crippen LogP contribution in [0.3, 0.4) is 0 Å². The van der Waals surface area contributed by atoms with Gasteiger partial charge in [-0.25, -0.2) is 4.98 Å². The van der Waals surface area contributed by atoms with Crippen LogP contribution in [-0.4, -0.2) is 43.2 Å². The minimum absolute atomic E-state index is 0.0151. The Hall–Kier alpha value is -1.36. The van der Waals surface area contributed by atoms with Gasteiger partial charge in [0, 0.05) is 11.3 Å². The van der Waals surface area contributed by atoms with Crippen LogP contribution in [0.15, 0.2) is 4.79 Å². The van der Waals surface area contributed by atoms with Crippen LogP contribution in [0, 0.1) is 6.92 Å². The second kappa shape index (κ2) is 4.87. The van der Waals surface area contributed by atoms with Crippen molar-refractivity contribution in [3.05, 3.63) is 21.6 Å². The summed E-state index contributed by atoms with van der Waals surface area (Å²) in [4.78, 5) is 23.0. The van der Waals surface area contributed by atoms with Crippen LogP contribution in [0.25, 0.3) is 0 Å². The van der Waals surface area contributed by atoms with E-state index in [0.717, 1.165) is 49.8 Å². The largest absolute Gasteiger partial charge is 0.334 e.